The topological polar surface area (TPSA) is 46.2 Å². The van der Waals surface area contributed by atoms with Gasteiger partial charge >= 0.3 is 6.18 Å². The van der Waals surface area contributed by atoms with E-state index in [2.05, 4.69) is 5.32 Å². The first-order chi connectivity index (χ1) is 9.04. The van der Waals surface area contributed by atoms with Crippen molar-refractivity contribution in [3.63, 3.8) is 0 Å². The summed E-state index contributed by atoms with van der Waals surface area (Å²) in [6, 6.07) is 1.69. The van der Waals surface area contributed by atoms with Crippen molar-refractivity contribution >= 4 is 9.84 Å². The molecule has 0 aliphatic rings. The van der Waals surface area contributed by atoms with Crippen molar-refractivity contribution in [3.8, 4) is 0 Å². The zero-order valence-corrected chi connectivity index (χ0v) is 11.8. The van der Waals surface area contributed by atoms with Crippen LogP contribution in [0, 0.1) is 5.82 Å². The van der Waals surface area contributed by atoms with Gasteiger partial charge in [-0.2, -0.15) is 13.2 Å². The molecule has 0 spiro atoms. The van der Waals surface area contributed by atoms with Crippen LogP contribution in [-0.2, 0) is 16.0 Å². The third-order valence-corrected chi connectivity index (χ3v) is 3.56. The Balaban J connectivity index is 3.21. The number of halogens is 4. The van der Waals surface area contributed by atoms with Crippen molar-refractivity contribution in [2.24, 2.45) is 0 Å². The molecule has 3 nitrogen and oxygen atoms in total. The second-order valence-corrected chi connectivity index (χ2v) is 6.62. The normalized spacial score (nSPS) is 14.3. The van der Waals surface area contributed by atoms with E-state index in [0.717, 1.165) is 12.3 Å². The minimum atomic E-state index is -4.82. The third-order valence-electron chi connectivity index (χ3n) is 2.62. The highest BCUT2D eigenvalue weighted by atomic mass is 32.2. The molecule has 1 N–H and O–H groups in total. The van der Waals surface area contributed by atoms with Crippen LogP contribution in [0.25, 0.3) is 0 Å². The molecule has 0 saturated carbocycles. The largest absolute Gasteiger partial charge is 0.419 e. The highest BCUT2D eigenvalue weighted by molar-refractivity contribution is 7.90. The van der Waals surface area contributed by atoms with Gasteiger partial charge in [-0.05, 0) is 24.2 Å². The Morgan fingerprint density at radius 2 is 1.90 bits per heavy atom. The Morgan fingerprint density at radius 3 is 2.35 bits per heavy atom. The lowest BCUT2D eigenvalue weighted by molar-refractivity contribution is -0.140. The summed E-state index contributed by atoms with van der Waals surface area (Å²) in [4.78, 5) is 0. The lowest BCUT2D eigenvalue weighted by atomic mass is 10.0. The molecule has 20 heavy (non-hydrogen) atoms. The molecule has 0 amide bonds. The van der Waals surface area contributed by atoms with Crippen molar-refractivity contribution in [1.29, 1.82) is 0 Å². The van der Waals surface area contributed by atoms with Crippen molar-refractivity contribution < 1.29 is 26.0 Å². The van der Waals surface area contributed by atoms with Gasteiger partial charge in [-0.3, -0.25) is 0 Å². The molecular formula is C12H15F4NO2S. The summed E-state index contributed by atoms with van der Waals surface area (Å²) in [5, 5.41) is 2.78. The molecule has 0 fully saturated rings. The second-order valence-electron chi connectivity index (χ2n) is 4.44. The molecule has 114 valence electrons. The average Bonchev–Trinajstić information content (AvgIpc) is 2.25. The van der Waals surface area contributed by atoms with Gasteiger partial charge in [0.2, 0.25) is 0 Å². The molecule has 0 saturated heterocycles. The smallest absolute Gasteiger partial charge is 0.309 e. The van der Waals surface area contributed by atoms with Gasteiger partial charge in [-0.15, -0.1) is 0 Å². The van der Waals surface area contributed by atoms with Gasteiger partial charge in [-0.1, -0.05) is 13.0 Å². The van der Waals surface area contributed by atoms with Crippen LogP contribution in [0.4, 0.5) is 17.6 Å². The summed E-state index contributed by atoms with van der Waals surface area (Å²) in [5.74, 6) is -1.74. The highest BCUT2D eigenvalue weighted by Gasteiger charge is 2.34. The van der Waals surface area contributed by atoms with E-state index in [0.29, 0.717) is 18.7 Å². The van der Waals surface area contributed by atoms with E-state index in [1.165, 1.54) is 0 Å². The van der Waals surface area contributed by atoms with Crippen LogP contribution >= 0.6 is 0 Å². The van der Waals surface area contributed by atoms with Gasteiger partial charge in [0.25, 0.3) is 0 Å². The monoisotopic (exact) mass is 313 g/mol. The van der Waals surface area contributed by atoms with Gasteiger partial charge in [0, 0.05) is 12.3 Å². The SMILES string of the molecule is CCNC(CS(C)(=O)=O)c1ccc(F)c(C(F)(F)F)c1. The fraction of sp³-hybridized carbons (Fsp3) is 0.500. The second kappa shape index (κ2) is 6.09. The van der Waals surface area contributed by atoms with Gasteiger partial charge in [0.05, 0.1) is 11.3 Å². The van der Waals surface area contributed by atoms with Gasteiger partial charge in [-0.25, -0.2) is 12.8 Å². The Hall–Kier alpha value is -1.15. The van der Waals surface area contributed by atoms with Gasteiger partial charge in [0.15, 0.2) is 0 Å². The van der Waals surface area contributed by atoms with Crippen molar-refractivity contribution in [2.75, 3.05) is 18.6 Å². The van der Waals surface area contributed by atoms with Crippen LogP contribution in [-0.4, -0.2) is 27.0 Å². The van der Waals surface area contributed by atoms with Gasteiger partial charge < -0.3 is 5.32 Å². The molecule has 8 heteroatoms. The van der Waals surface area contributed by atoms with E-state index < -0.39 is 33.4 Å². The van der Waals surface area contributed by atoms with E-state index in [1.54, 1.807) is 6.92 Å². The number of nitrogens with one attached hydrogen (secondary N) is 1. The number of hydrogen-bond acceptors (Lipinski definition) is 3. The first kappa shape index (κ1) is 16.9. The number of hydrogen-bond donors (Lipinski definition) is 1. The molecule has 1 unspecified atom stereocenters. The minimum Gasteiger partial charge on any atom is -0.309 e. The van der Waals surface area contributed by atoms with Crippen LogP contribution in [0.15, 0.2) is 18.2 Å². The molecule has 1 atom stereocenters. The van der Waals surface area contributed by atoms with Crippen molar-refractivity contribution in [3.05, 3.63) is 35.1 Å². The molecule has 0 heterocycles. The van der Waals surface area contributed by atoms with Crippen molar-refractivity contribution in [2.45, 2.75) is 19.1 Å². The van der Waals surface area contributed by atoms with Crippen LogP contribution in [0.2, 0.25) is 0 Å². The predicted octanol–water partition coefficient (Wildman–Crippen LogP) is 2.54. The molecule has 1 aromatic carbocycles. The van der Waals surface area contributed by atoms with E-state index in [1.807, 2.05) is 0 Å². The zero-order chi connectivity index (χ0) is 15.6. The summed E-state index contributed by atoms with van der Waals surface area (Å²) in [7, 11) is -3.39. The summed E-state index contributed by atoms with van der Waals surface area (Å²) in [5.41, 5.74) is -1.31. The van der Waals surface area contributed by atoms with E-state index in [4.69, 9.17) is 0 Å². The summed E-state index contributed by atoms with van der Waals surface area (Å²) < 4.78 is 73.7. The summed E-state index contributed by atoms with van der Waals surface area (Å²) in [6.45, 7) is 2.07. The maximum atomic E-state index is 13.2. The predicted molar refractivity (Wildman–Crippen MR) is 67.5 cm³/mol. The molecule has 1 rings (SSSR count). The quantitative estimate of drug-likeness (QED) is 0.850. The van der Waals surface area contributed by atoms with Crippen LogP contribution in [0.5, 0.6) is 0 Å². The standard InChI is InChI=1S/C12H15F4NO2S/c1-3-17-11(7-20(2,18)19)8-4-5-10(13)9(6-8)12(14,15)16/h4-6,11,17H,3,7H2,1-2H3. The Kier molecular flexibility index (Phi) is 5.15. The maximum absolute atomic E-state index is 13.2. The summed E-state index contributed by atoms with van der Waals surface area (Å²) in [6.07, 6.45) is -3.83. The average molecular weight is 313 g/mol. The maximum Gasteiger partial charge on any atom is 0.419 e. The first-order valence-corrected chi connectivity index (χ1v) is 7.88. The van der Waals surface area contributed by atoms with Crippen LogP contribution in [0.3, 0.4) is 0 Å². The number of sulfone groups is 1. The molecule has 0 radical (unpaired) electrons. The molecule has 0 bridgehead atoms. The van der Waals surface area contributed by atoms with Crippen molar-refractivity contribution in [1.82, 2.24) is 5.32 Å². The Labute approximate surface area is 114 Å². The molecule has 0 aromatic heterocycles. The Morgan fingerprint density at radius 1 is 1.30 bits per heavy atom. The highest BCUT2D eigenvalue weighted by Crippen LogP contribution is 2.33. The minimum absolute atomic E-state index is 0.0889. The van der Waals surface area contributed by atoms with Crippen LogP contribution in [0.1, 0.15) is 24.1 Å². The molecule has 0 aliphatic heterocycles. The number of alkyl halides is 3. The zero-order valence-electron chi connectivity index (χ0n) is 11.0. The number of rotatable bonds is 5. The van der Waals surface area contributed by atoms with Gasteiger partial charge in [0.1, 0.15) is 15.7 Å². The summed E-state index contributed by atoms with van der Waals surface area (Å²) >= 11 is 0. The van der Waals surface area contributed by atoms with E-state index in [9.17, 15) is 26.0 Å². The lowest BCUT2D eigenvalue weighted by Gasteiger charge is -2.19. The molecular weight excluding hydrogens is 298 g/mol. The van der Waals surface area contributed by atoms with E-state index >= 15 is 0 Å². The Bertz CT molecular complexity index is 569. The van der Waals surface area contributed by atoms with E-state index in [-0.39, 0.29) is 11.3 Å². The number of benzene rings is 1. The lowest BCUT2D eigenvalue weighted by Crippen LogP contribution is -2.28. The molecule has 0 aliphatic carbocycles. The molecule has 1 aromatic rings. The fourth-order valence-electron chi connectivity index (χ4n) is 1.80. The van der Waals surface area contributed by atoms with Crippen LogP contribution < -0.4 is 5.32 Å². The third kappa shape index (κ3) is 4.75. The fourth-order valence-corrected chi connectivity index (χ4v) is 2.71. The first-order valence-electron chi connectivity index (χ1n) is 5.82.